The van der Waals surface area contributed by atoms with Crippen LogP contribution in [-0.2, 0) is 6.54 Å². The molecule has 0 aliphatic heterocycles. The molecule has 6 heteroatoms. The maximum Gasteiger partial charge on any atom is 0.276 e. The van der Waals surface area contributed by atoms with Crippen LogP contribution in [0.4, 0.5) is 0 Å². The molecular weight excluding hydrogens is 262 g/mol. The fourth-order valence-electron chi connectivity index (χ4n) is 1.49. The molecule has 1 aromatic carbocycles. The van der Waals surface area contributed by atoms with Gasteiger partial charge in [0.25, 0.3) is 5.22 Å². The Balaban J connectivity index is 1.64. The second-order valence-corrected chi connectivity index (χ2v) is 5.08. The highest BCUT2D eigenvalue weighted by atomic mass is 32.2. The molecule has 0 saturated heterocycles. The molecule has 2 aromatic rings. The van der Waals surface area contributed by atoms with Crippen molar-refractivity contribution in [1.82, 2.24) is 10.2 Å². The minimum atomic E-state index is 0.282. The molecule has 0 unspecified atom stereocenters. The Hall–Kier alpha value is -1.53. The van der Waals surface area contributed by atoms with Gasteiger partial charge < -0.3 is 14.9 Å². The van der Waals surface area contributed by atoms with Crippen LogP contribution in [0, 0.1) is 6.92 Å². The van der Waals surface area contributed by atoms with Gasteiger partial charge in [-0.25, -0.2) is 0 Å². The van der Waals surface area contributed by atoms with E-state index in [1.165, 1.54) is 17.3 Å². The second kappa shape index (κ2) is 7.16. The van der Waals surface area contributed by atoms with Gasteiger partial charge in [0.05, 0.1) is 13.2 Å². The maximum atomic E-state index is 5.65. The molecule has 0 radical (unpaired) electrons. The summed E-state index contributed by atoms with van der Waals surface area (Å²) in [7, 11) is 0. The SMILES string of the molecule is Cc1cccc(OCCCSc2nnc(CN)o2)c1. The number of nitrogens with two attached hydrogens (primary N) is 1. The largest absolute Gasteiger partial charge is 0.494 e. The minimum absolute atomic E-state index is 0.282. The molecule has 19 heavy (non-hydrogen) atoms. The van der Waals surface area contributed by atoms with Crippen molar-refractivity contribution in [2.45, 2.75) is 25.1 Å². The molecule has 0 aliphatic rings. The number of hydrogen-bond donors (Lipinski definition) is 1. The number of thioether (sulfide) groups is 1. The van der Waals surface area contributed by atoms with Crippen LogP contribution < -0.4 is 10.5 Å². The van der Waals surface area contributed by atoms with Crippen molar-refractivity contribution in [2.75, 3.05) is 12.4 Å². The van der Waals surface area contributed by atoms with E-state index in [0.29, 0.717) is 17.7 Å². The number of benzene rings is 1. The smallest absolute Gasteiger partial charge is 0.276 e. The topological polar surface area (TPSA) is 74.2 Å². The Bertz CT molecular complexity index is 516. The zero-order valence-electron chi connectivity index (χ0n) is 10.8. The Morgan fingerprint density at radius 3 is 3.00 bits per heavy atom. The van der Waals surface area contributed by atoms with Gasteiger partial charge in [0.2, 0.25) is 5.89 Å². The lowest BCUT2D eigenvalue weighted by Crippen LogP contribution is -1.98. The zero-order valence-corrected chi connectivity index (χ0v) is 11.7. The Morgan fingerprint density at radius 1 is 1.37 bits per heavy atom. The molecule has 2 N–H and O–H groups in total. The van der Waals surface area contributed by atoms with Crippen molar-refractivity contribution < 1.29 is 9.15 Å². The van der Waals surface area contributed by atoms with Crippen LogP contribution in [0.15, 0.2) is 33.9 Å². The average Bonchev–Trinajstić information content (AvgIpc) is 2.86. The summed E-state index contributed by atoms with van der Waals surface area (Å²) in [6.07, 6.45) is 0.916. The van der Waals surface area contributed by atoms with E-state index < -0.39 is 0 Å². The van der Waals surface area contributed by atoms with Gasteiger partial charge in [0.15, 0.2) is 0 Å². The van der Waals surface area contributed by atoms with E-state index in [-0.39, 0.29) is 6.54 Å². The molecule has 1 heterocycles. The lowest BCUT2D eigenvalue weighted by molar-refractivity contribution is 0.318. The Kier molecular flexibility index (Phi) is 5.23. The summed E-state index contributed by atoms with van der Waals surface area (Å²) in [5, 5.41) is 8.24. The first-order chi connectivity index (χ1) is 9.28. The highest BCUT2D eigenvalue weighted by molar-refractivity contribution is 7.99. The molecule has 0 saturated carbocycles. The molecule has 102 valence electrons. The first-order valence-electron chi connectivity index (χ1n) is 6.12. The van der Waals surface area contributed by atoms with E-state index in [9.17, 15) is 0 Å². The van der Waals surface area contributed by atoms with Gasteiger partial charge in [-0.3, -0.25) is 0 Å². The molecule has 0 aliphatic carbocycles. The van der Waals surface area contributed by atoms with Gasteiger partial charge >= 0.3 is 0 Å². The highest BCUT2D eigenvalue weighted by Gasteiger charge is 2.04. The fraction of sp³-hybridized carbons (Fsp3) is 0.385. The first-order valence-corrected chi connectivity index (χ1v) is 7.11. The van der Waals surface area contributed by atoms with E-state index in [4.69, 9.17) is 14.9 Å². The number of hydrogen-bond acceptors (Lipinski definition) is 6. The van der Waals surface area contributed by atoms with E-state index in [0.717, 1.165) is 17.9 Å². The number of aryl methyl sites for hydroxylation is 1. The molecule has 0 amide bonds. The third kappa shape index (κ3) is 4.57. The summed E-state index contributed by atoms with van der Waals surface area (Å²) < 4.78 is 10.9. The van der Waals surface area contributed by atoms with Gasteiger partial charge in [0, 0.05) is 5.75 Å². The van der Waals surface area contributed by atoms with Crippen molar-refractivity contribution in [3.63, 3.8) is 0 Å². The van der Waals surface area contributed by atoms with Crippen molar-refractivity contribution in [3.8, 4) is 5.75 Å². The standard InChI is InChI=1S/C13H17N3O2S/c1-10-4-2-5-11(8-10)17-6-3-7-19-13-16-15-12(9-14)18-13/h2,4-5,8H,3,6-7,9,14H2,1H3. The normalized spacial score (nSPS) is 10.6. The average molecular weight is 279 g/mol. The van der Waals surface area contributed by atoms with Gasteiger partial charge in [-0.05, 0) is 31.0 Å². The van der Waals surface area contributed by atoms with Crippen molar-refractivity contribution in [3.05, 3.63) is 35.7 Å². The third-order valence-corrected chi connectivity index (χ3v) is 3.30. The summed E-state index contributed by atoms with van der Waals surface area (Å²) in [6.45, 7) is 3.01. The van der Waals surface area contributed by atoms with Crippen LogP contribution in [0.1, 0.15) is 17.9 Å². The predicted molar refractivity (Wildman–Crippen MR) is 74.2 cm³/mol. The summed E-state index contributed by atoms with van der Waals surface area (Å²) in [4.78, 5) is 0. The lowest BCUT2D eigenvalue weighted by atomic mass is 10.2. The van der Waals surface area contributed by atoms with Crippen LogP contribution in [0.25, 0.3) is 0 Å². The molecule has 1 aromatic heterocycles. The summed E-state index contributed by atoms with van der Waals surface area (Å²) in [6, 6.07) is 8.03. The first kappa shape index (κ1) is 13.9. The second-order valence-electron chi connectivity index (χ2n) is 4.03. The van der Waals surface area contributed by atoms with Gasteiger partial charge in [-0.1, -0.05) is 23.9 Å². The fourth-order valence-corrected chi connectivity index (χ4v) is 2.18. The molecular formula is C13H17N3O2S. The Labute approximate surface area is 116 Å². The highest BCUT2D eigenvalue weighted by Crippen LogP contribution is 2.17. The number of ether oxygens (including phenoxy) is 1. The minimum Gasteiger partial charge on any atom is -0.494 e. The van der Waals surface area contributed by atoms with E-state index in [1.807, 2.05) is 31.2 Å². The zero-order chi connectivity index (χ0) is 13.5. The number of rotatable bonds is 7. The molecule has 0 fully saturated rings. The molecule has 5 nitrogen and oxygen atoms in total. The Morgan fingerprint density at radius 2 is 2.26 bits per heavy atom. The maximum absolute atomic E-state index is 5.65. The van der Waals surface area contributed by atoms with Crippen molar-refractivity contribution in [2.24, 2.45) is 5.73 Å². The summed E-state index contributed by atoms with van der Waals surface area (Å²) >= 11 is 1.52. The quantitative estimate of drug-likeness (QED) is 0.619. The van der Waals surface area contributed by atoms with Gasteiger partial charge in [-0.2, -0.15) is 0 Å². The van der Waals surface area contributed by atoms with E-state index in [2.05, 4.69) is 10.2 Å². The van der Waals surface area contributed by atoms with Crippen LogP contribution in [-0.4, -0.2) is 22.6 Å². The summed E-state index contributed by atoms with van der Waals surface area (Å²) in [5.41, 5.74) is 6.59. The van der Waals surface area contributed by atoms with Crippen LogP contribution in [0.5, 0.6) is 5.75 Å². The molecule has 0 spiro atoms. The predicted octanol–water partition coefficient (Wildman–Crippen LogP) is 2.40. The molecule has 0 atom stereocenters. The van der Waals surface area contributed by atoms with Crippen molar-refractivity contribution in [1.29, 1.82) is 0 Å². The summed E-state index contributed by atoms with van der Waals surface area (Å²) in [5.74, 6) is 2.25. The number of nitrogens with zero attached hydrogens (tertiary/aromatic N) is 2. The van der Waals surface area contributed by atoms with Gasteiger partial charge in [0.1, 0.15) is 5.75 Å². The molecule has 2 rings (SSSR count). The van der Waals surface area contributed by atoms with Crippen molar-refractivity contribution >= 4 is 11.8 Å². The van der Waals surface area contributed by atoms with Crippen LogP contribution in [0.2, 0.25) is 0 Å². The third-order valence-electron chi connectivity index (χ3n) is 2.40. The van der Waals surface area contributed by atoms with E-state index >= 15 is 0 Å². The van der Waals surface area contributed by atoms with Crippen LogP contribution >= 0.6 is 11.8 Å². The van der Waals surface area contributed by atoms with E-state index in [1.54, 1.807) is 0 Å². The lowest BCUT2D eigenvalue weighted by Gasteiger charge is -2.05. The van der Waals surface area contributed by atoms with Gasteiger partial charge in [-0.15, -0.1) is 10.2 Å². The number of aromatic nitrogens is 2. The monoisotopic (exact) mass is 279 g/mol. The van der Waals surface area contributed by atoms with Crippen LogP contribution in [0.3, 0.4) is 0 Å². The molecule has 0 bridgehead atoms.